The lowest BCUT2D eigenvalue weighted by atomic mass is 9.46. The van der Waals surface area contributed by atoms with Crippen LogP contribution in [0, 0.1) is 17.3 Å². The Kier molecular flexibility index (Phi) is 3.74. The third kappa shape index (κ3) is 2.35. The smallest absolute Gasteiger partial charge is 0.243 e. The molecule has 0 aromatic carbocycles. The molecular formula is C18H31N3O2. The maximum atomic E-state index is 13.2. The van der Waals surface area contributed by atoms with E-state index in [2.05, 4.69) is 18.7 Å². The second-order valence-corrected chi connectivity index (χ2v) is 8.67. The molecule has 2 saturated carbocycles. The number of carbonyl (C=O) groups is 1. The Morgan fingerprint density at radius 2 is 1.87 bits per heavy atom. The number of nitrogens with zero attached hydrogens (tertiary/aromatic N) is 2. The van der Waals surface area contributed by atoms with Crippen molar-refractivity contribution in [2.24, 2.45) is 23.0 Å². The number of amides is 1. The van der Waals surface area contributed by atoms with Gasteiger partial charge in [-0.3, -0.25) is 9.69 Å². The normalized spacial score (nSPS) is 40.4. The van der Waals surface area contributed by atoms with Crippen molar-refractivity contribution in [3.63, 3.8) is 0 Å². The second kappa shape index (κ2) is 5.43. The van der Waals surface area contributed by atoms with Gasteiger partial charge in [-0.05, 0) is 31.6 Å². The predicted octanol–water partition coefficient (Wildman–Crippen LogP) is 1.07. The van der Waals surface area contributed by atoms with Crippen LogP contribution in [0.2, 0.25) is 0 Å². The van der Waals surface area contributed by atoms with Gasteiger partial charge in [0.15, 0.2) is 0 Å². The first-order valence-electron chi connectivity index (χ1n) is 9.37. The molecule has 0 aromatic rings. The first kappa shape index (κ1) is 15.9. The second-order valence-electron chi connectivity index (χ2n) is 8.67. The van der Waals surface area contributed by atoms with Crippen molar-refractivity contribution in [1.29, 1.82) is 0 Å². The first-order chi connectivity index (χ1) is 10.9. The van der Waals surface area contributed by atoms with E-state index in [-0.39, 0.29) is 23.3 Å². The molecule has 0 bridgehead atoms. The van der Waals surface area contributed by atoms with Crippen molar-refractivity contribution in [2.75, 3.05) is 39.3 Å². The summed E-state index contributed by atoms with van der Waals surface area (Å²) in [6.45, 7) is 9.93. The fraction of sp³-hybridized carbons (Fsp3) is 0.944. The largest absolute Gasteiger partial charge is 0.377 e. The monoisotopic (exact) mass is 321 g/mol. The molecule has 3 unspecified atom stereocenters. The fourth-order valence-electron chi connectivity index (χ4n) is 5.07. The molecular weight excluding hydrogens is 290 g/mol. The van der Waals surface area contributed by atoms with Gasteiger partial charge >= 0.3 is 0 Å². The zero-order chi connectivity index (χ0) is 16.2. The average Bonchev–Trinajstić information content (AvgIpc) is 3.38. The summed E-state index contributed by atoms with van der Waals surface area (Å²) in [6.07, 6.45) is 4.99. The van der Waals surface area contributed by atoms with Crippen LogP contribution in [0.4, 0.5) is 0 Å². The van der Waals surface area contributed by atoms with Gasteiger partial charge in [-0.1, -0.05) is 13.8 Å². The summed E-state index contributed by atoms with van der Waals surface area (Å²) in [5.41, 5.74) is 5.75. The molecule has 3 atom stereocenters. The van der Waals surface area contributed by atoms with Crippen LogP contribution in [0.25, 0.3) is 0 Å². The quantitative estimate of drug-likeness (QED) is 0.845. The average molecular weight is 321 g/mol. The highest BCUT2D eigenvalue weighted by atomic mass is 16.5. The molecule has 2 aliphatic carbocycles. The molecule has 2 aliphatic heterocycles. The summed E-state index contributed by atoms with van der Waals surface area (Å²) < 4.78 is 5.93. The van der Waals surface area contributed by atoms with E-state index in [4.69, 9.17) is 10.5 Å². The molecule has 23 heavy (non-hydrogen) atoms. The van der Waals surface area contributed by atoms with Gasteiger partial charge < -0.3 is 15.4 Å². The van der Waals surface area contributed by atoms with Crippen LogP contribution in [0.3, 0.4) is 0 Å². The van der Waals surface area contributed by atoms with Crippen LogP contribution in [-0.2, 0) is 9.53 Å². The van der Waals surface area contributed by atoms with Gasteiger partial charge in [0.25, 0.3) is 0 Å². The van der Waals surface area contributed by atoms with Gasteiger partial charge in [-0.25, -0.2) is 0 Å². The summed E-state index contributed by atoms with van der Waals surface area (Å²) in [7, 11) is 0. The molecule has 4 fully saturated rings. The molecule has 1 amide bonds. The van der Waals surface area contributed by atoms with E-state index < -0.39 is 5.54 Å². The third-order valence-corrected chi connectivity index (χ3v) is 6.91. The van der Waals surface area contributed by atoms with Crippen molar-refractivity contribution < 1.29 is 9.53 Å². The lowest BCUT2D eigenvalue weighted by Gasteiger charge is -2.66. The van der Waals surface area contributed by atoms with E-state index in [1.54, 1.807) is 0 Å². The number of rotatable bonds is 3. The maximum Gasteiger partial charge on any atom is 0.243 e. The van der Waals surface area contributed by atoms with Crippen LogP contribution in [-0.4, -0.2) is 66.7 Å². The van der Waals surface area contributed by atoms with E-state index in [1.807, 2.05) is 4.90 Å². The lowest BCUT2D eigenvalue weighted by molar-refractivity contribution is -0.230. The Morgan fingerprint density at radius 3 is 2.52 bits per heavy atom. The minimum absolute atomic E-state index is 0.154. The van der Waals surface area contributed by atoms with Crippen LogP contribution >= 0.6 is 0 Å². The van der Waals surface area contributed by atoms with Crippen LogP contribution in [0.5, 0.6) is 0 Å². The summed E-state index contributed by atoms with van der Waals surface area (Å²) >= 11 is 0. The Balaban J connectivity index is 1.42. The van der Waals surface area contributed by atoms with Crippen LogP contribution in [0.1, 0.15) is 39.5 Å². The molecule has 4 rings (SSSR count). The summed E-state index contributed by atoms with van der Waals surface area (Å²) in [5.74, 6) is 1.28. The topological polar surface area (TPSA) is 58.8 Å². The van der Waals surface area contributed by atoms with Crippen molar-refractivity contribution >= 4 is 5.91 Å². The molecule has 2 N–H and O–H groups in total. The van der Waals surface area contributed by atoms with Gasteiger partial charge in [-0.15, -0.1) is 0 Å². The number of hydrogen-bond acceptors (Lipinski definition) is 4. The molecule has 2 saturated heterocycles. The van der Waals surface area contributed by atoms with E-state index in [1.165, 1.54) is 19.4 Å². The van der Waals surface area contributed by atoms with Crippen molar-refractivity contribution in [1.82, 2.24) is 9.80 Å². The van der Waals surface area contributed by atoms with Gasteiger partial charge in [0.1, 0.15) is 5.54 Å². The first-order valence-corrected chi connectivity index (χ1v) is 9.37. The Labute approximate surface area is 139 Å². The Morgan fingerprint density at radius 1 is 1.17 bits per heavy atom. The standard InChI is InChI=1S/C18H31N3O2/c1-17(2)15-14(4-3-11-23-15)18(17,19)16(22)21-9-7-20(8-10-21)12-13-5-6-13/h13-15H,3-12,19H2,1-2H3. The number of ether oxygens (including phenoxy) is 1. The Bertz CT molecular complexity index is 483. The van der Waals surface area contributed by atoms with Crippen molar-refractivity contribution in [3.05, 3.63) is 0 Å². The van der Waals surface area contributed by atoms with Gasteiger partial charge in [0.2, 0.25) is 5.91 Å². The number of nitrogens with two attached hydrogens (primary N) is 1. The number of piperazine rings is 1. The molecule has 130 valence electrons. The predicted molar refractivity (Wildman–Crippen MR) is 88.9 cm³/mol. The molecule has 4 aliphatic rings. The summed E-state index contributed by atoms with van der Waals surface area (Å²) in [5, 5.41) is 0. The summed E-state index contributed by atoms with van der Waals surface area (Å²) in [4.78, 5) is 17.8. The van der Waals surface area contributed by atoms with Crippen LogP contribution < -0.4 is 5.73 Å². The molecule has 5 heteroatoms. The fourth-order valence-corrected chi connectivity index (χ4v) is 5.07. The van der Waals surface area contributed by atoms with Crippen molar-refractivity contribution in [2.45, 2.75) is 51.2 Å². The van der Waals surface area contributed by atoms with E-state index >= 15 is 0 Å². The zero-order valence-corrected chi connectivity index (χ0v) is 14.6. The number of carbonyl (C=O) groups excluding carboxylic acids is 1. The minimum Gasteiger partial charge on any atom is -0.377 e. The highest BCUT2D eigenvalue weighted by molar-refractivity contribution is 5.89. The zero-order valence-electron chi connectivity index (χ0n) is 14.6. The van der Waals surface area contributed by atoms with Crippen LogP contribution in [0.15, 0.2) is 0 Å². The molecule has 0 radical (unpaired) electrons. The van der Waals surface area contributed by atoms with E-state index in [0.717, 1.165) is 51.5 Å². The molecule has 5 nitrogen and oxygen atoms in total. The third-order valence-electron chi connectivity index (χ3n) is 6.91. The van der Waals surface area contributed by atoms with E-state index in [0.29, 0.717) is 0 Å². The SMILES string of the molecule is CC1(C)C2OCCCC2C1(N)C(=O)N1CCN(CC2CC2)CC1. The number of hydrogen-bond donors (Lipinski definition) is 1. The van der Waals surface area contributed by atoms with Gasteiger partial charge in [0.05, 0.1) is 6.10 Å². The molecule has 2 heterocycles. The molecule has 0 aromatic heterocycles. The Hall–Kier alpha value is -0.650. The lowest BCUT2D eigenvalue weighted by Crippen LogP contribution is -2.82. The highest BCUT2D eigenvalue weighted by Crippen LogP contribution is 2.58. The highest BCUT2D eigenvalue weighted by Gasteiger charge is 2.70. The minimum atomic E-state index is -0.739. The molecule has 0 spiro atoms. The number of fused-ring (bicyclic) bond motifs is 1. The van der Waals surface area contributed by atoms with Gasteiger partial charge in [0, 0.05) is 50.7 Å². The maximum absolute atomic E-state index is 13.2. The van der Waals surface area contributed by atoms with Crippen molar-refractivity contribution in [3.8, 4) is 0 Å². The van der Waals surface area contributed by atoms with Gasteiger partial charge in [-0.2, -0.15) is 0 Å². The van der Waals surface area contributed by atoms with E-state index in [9.17, 15) is 4.79 Å². The summed E-state index contributed by atoms with van der Waals surface area (Å²) in [6, 6.07) is 0.